The second-order valence-corrected chi connectivity index (χ2v) is 5.41. The first-order valence-corrected chi connectivity index (χ1v) is 7.10. The van der Waals surface area contributed by atoms with Crippen molar-refractivity contribution in [2.75, 3.05) is 6.54 Å². The predicted molar refractivity (Wildman–Crippen MR) is 80.0 cm³/mol. The van der Waals surface area contributed by atoms with Gasteiger partial charge in [0.15, 0.2) is 0 Å². The molecule has 0 aliphatic carbocycles. The van der Waals surface area contributed by atoms with Gasteiger partial charge >= 0.3 is 0 Å². The van der Waals surface area contributed by atoms with Crippen molar-refractivity contribution in [2.24, 2.45) is 0 Å². The summed E-state index contributed by atoms with van der Waals surface area (Å²) in [5.41, 5.74) is 5.85. The lowest BCUT2D eigenvalue weighted by atomic mass is 10.1. The van der Waals surface area contributed by atoms with Crippen molar-refractivity contribution in [2.45, 2.75) is 19.9 Å². The Labute approximate surface area is 127 Å². The molecule has 1 aliphatic rings. The van der Waals surface area contributed by atoms with Gasteiger partial charge in [0, 0.05) is 37.0 Å². The van der Waals surface area contributed by atoms with Gasteiger partial charge in [0.25, 0.3) is 11.8 Å². The van der Waals surface area contributed by atoms with E-state index < -0.39 is 5.91 Å². The van der Waals surface area contributed by atoms with E-state index in [4.69, 9.17) is 5.21 Å². The van der Waals surface area contributed by atoms with Crippen molar-refractivity contribution in [1.82, 2.24) is 15.4 Å². The minimum Gasteiger partial charge on any atom is -0.352 e. The molecule has 1 aliphatic heterocycles. The third kappa shape index (κ3) is 2.48. The fourth-order valence-corrected chi connectivity index (χ4v) is 2.87. The fourth-order valence-electron chi connectivity index (χ4n) is 2.87. The smallest absolute Gasteiger partial charge is 0.274 e. The van der Waals surface area contributed by atoms with E-state index in [0.717, 1.165) is 28.8 Å². The molecule has 0 fully saturated rings. The number of carbonyl (C=O) groups excluding carboxylic acids is 2. The molecule has 2 aromatic rings. The Balaban J connectivity index is 1.86. The normalized spacial score (nSPS) is 13.5. The molecule has 3 rings (SSSR count). The number of rotatable bonds is 3. The van der Waals surface area contributed by atoms with Gasteiger partial charge in [-0.15, -0.1) is 0 Å². The lowest BCUT2D eigenvalue weighted by Gasteiger charge is -2.16. The summed E-state index contributed by atoms with van der Waals surface area (Å²) in [5, 5.41) is 11.5. The molecule has 0 unspecified atom stereocenters. The minimum absolute atomic E-state index is 0.00698. The Hall–Kier alpha value is -2.60. The SMILES string of the molecule is Cc1cn(Cc2ccc(C(=O)NO)cc2)c2c1C(=O)NCC2. The summed E-state index contributed by atoms with van der Waals surface area (Å²) in [6, 6.07) is 7.01. The number of aryl methyl sites for hydroxylation is 1. The maximum atomic E-state index is 11.9. The third-order valence-electron chi connectivity index (χ3n) is 3.92. The molecule has 114 valence electrons. The van der Waals surface area contributed by atoms with Gasteiger partial charge in [-0.1, -0.05) is 12.1 Å². The molecule has 0 saturated carbocycles. The largest absolute Gasteiger partial charge is 0.352 e. The van der Waals surface area contributed by atoms with Crippen LogP contribution in [0.25, 0.3) is 0 Å². The number of hydroxylamine groups is 1. The molecule has 1 aromatic carbocycles. The topological polar surface area (TPSA) is 83.4 Å². The summed E-state index contributed by atoms with van der Waals surface area (Å²) < 4.78 is 2.09. The Morgan fingerprint density at radius 1 is 1.36 bits per heavy atom. The molecule has 3 N–H and O–H groups in total. The van der Waals surface area contributed by atoms with E-state index in [1.54, 1.807) is 17.6 Å². The molecule has 2 amide bonds. The summed E-state index contributed by atoms with van der Waals surface area (Å²) in [4.78, 5) is 23.2. The van der Waals surface area contributed by atoms with Crippen LogP contribution in [0.2, 0.25) is 0 Å². The predicted octanol–water partition coefficient (Wildman–Crippen LogP) is 1.25. The fraction of sp³-hybridized carbons (Fsp3) is 0.250. The van der Waals surface area contributed by atoms with Crippen LogP contribution in [0.5, 0.6) is 0 Å². The van der Waals surface area contributed by atoms with E-state index in [-0.39, 0.29) is 5.91 Å². The van der Waals surface area contributed by atoms with Crippen molar-refractivity contribution in [3.05, 3.63) is 58.4 Å². The minimum atomic E-state index is -0.530. The number of nitrogens with one attached hydrogen (secondary N) is 2. The molecule has 1 aromatic heterocycles. The van der Waals surface area contributed by atoms with Gasteiger partial charge in [-0.25, -0.2) is 5.48 Å². The maximum Gasteiger partial charge on any atom is 0.274 e. The van der Waals surface area contributed by atoms with Crippen LogP contribution >= 0.6 is 0 Å². The van der Waals surface area contributed by atoms with E-state index in [9.17, 15) is 9.59 Å². The van der Waals surface area contributed by atoms with Gasteiger partial charge in [0.1, 0.15) is 0 Å². The van der Waals surface area contributed by atoms with Gasteiger partial charge in [-0.2, -0.15) is 0 Å². The summed E-state index contributed by atoms with van der Waals surface area (Å²) in [6.07, 6.45) is 2.81. The molecular weight excluding hydrogens is 282 g/mol. The van der Waals surface area contributed by atoms with Crippen LogP contribution in [0.4, 0.5) is 0 Å². The van der Waals surface area contributed by atoms with Crippen LogP contribution in [0.15, 0.2) is 30.5 Å². The average molecular weight is 299 g/mol. The molecule has 6 heteroatoms. The first-order valence-electron chi connectivity index (χ1n) is 7.10. The number of benzene rings is 1. The zero-order valence-corrected chi connectivity index (χ0v) is 12.2. The quantitative estimate of drug-likeness (QED) is 0.589. The van der Waals surface area contributed by atoms with Crippen LogP contribution < -0.4 is 10.8 Å². The summed E-state index contributed by atoms with van der Waals surface area (Å²) >= 11 is 0. The zero-order chi connectivity index (χ0) is 15.7. The van der Waals surface area contributed by atoms with Crippen LogP contribution in [0, 0.1) is 6.92 Å². The van der Waals surface area contributed by atoms with E-state index in [2.05, 4.69) is 9.88 Å². The Morgan fingerprint density at radius 2 is 2.09 bits per heavy atom. The van der Waals surface area contributed by atoms with E-state index in [1.165, 1.54) is 0 Å². The zero-order valence-electron chi connectivity index (χ0n) is 12.2. The number of hydrogen-bond donors (Lipinski definition) is 3. The molecule has 0 radical (unpaired) electrons. The molecular formula is C16H17N3O3. The van der Waals surface area contributed by atoms with Crippen molar-refractivity contribution in [3.8, 4) is 0 Å². The second kappa shape index (κ2) is 5.65. The molecule has 22 heavy (non-hydrogen) atoms. The van der Waals surface area contributed by atoms with Crippen LogP contribution in [-0.4, -0.2) is 28.1 Å². The van der Waals surface area contributed by atoms with E-state index in [1.807, 2.05) is 25.3 Å². The van der Waals surface area contributed by atoms with Crippen molar-refractivity contribution in [3.63, 3.8) is 0 Å². The highest BCUT2D eigenvalue weighted by Gasteiger charge is 2.23. The monoisotopic (exact) mass is 299 g/mol. The average Bonchev–Trinajstić information content (AvgIpc) is 2.85. The van der Waals surface area contributed by atoms with Crippen molar-refractivity contribution < 1.29 is 14.8 Å². The second-order valence-electron chi connectivity index (χ2n) is 5.41. The van der Waals surface area contributed by atoms with Crippen molar-refractivity contribution >= 4 is 11.8 Å². The third-order valence-corrected chi connectivity index (χ3v) is 3.92. The molecule has 2 heterocycles. The molecule has 0 atom stereocenters. The Bertz CT molecular complexity index is 732. The number of amides is 2. The van der Waals surface area contributed by atoms with Crippen LogP contribution in [0.1, 0.15) is 37.5 Å². The first-order chi connectivity index (χ1) is 10.6. The highest BCUT2D eigenvalue weighted by molar-refractivity contribution is 5.98. The highest BCUT2D eigenvalue weighted by atomic mass is 16.5. The summed E-state index contributed by atoms with van der Waals surface area (Å²) in [5.74, 6) is -0.537. The molecule has 0 spiro atoms. The summed E-state index contributed by atoms with van der Waals surface area (Å²) in [7, 11) is 0. The first kappa shape index (κ1) is 14.3. The Kier molecular flexibility index (Phi) is 3.68. The van der Waals surface area contributed by atoms with Gasteiger partial charge < -0.3 is 9.88 Å². The summed E-state index contributed by atoms with van der Waals surface area (Å²) in [6.45, 7) is 3.24. The van der Waals surface area contributed by atoms with Gasteiger partial charge in [-0.05, 0) is 30.2 Å². The van der Waals surface area contributed by atoms with Crippen molar-refractivity contribution in [1.29, 1.82) is 0 Å². The van der Waals surface area contributed by atoms with E-state index in [0.29, 0.717) is 18.7 Å². The van der Waals surface area contributed by atoms with Crippen LogP contribution in [-0.2, 0) is 13.0 Å². The van der Waals surface area contributed by atoms with Crippen LogP contribution in [0.3, 0.4) is 0 Å². The number of aromatic nitrogens is 1. The molecule has 0 saturated heterocycles. The van der Waals surface area contributed by atoms with Gasteiger partial charge in [-0.3, -0.25) is 14.8 Å². The number of hydrogen-bond acceptors (Lipinski definition) is 3. The van der Waals surface area contributed by atoms with Gasteiger partial charge in [0.2, 0.25) is 0 Å². The van der Waals surface area contributed by atoms with Gasteiger partial charge in [0.05, 0.1) is 5.56 Å². The number of nitrogens with zero attached hydrogens (tertiary/aromatic N) is 1. The van der Waals surface area contributed by atoms with E-state index >= 15 is 0 Å². The standard InChI is InChI=1S/C16H17N3O3/c1-10-8-19(13-6-7-17-16(21)14(10)13)9-11-2-4-12(5-3-11)15(20)18-22/h2-5,8,22H,6-7,9H2,1H3,(H,17,21)(H,18,20). The Morgan fingerprint density at radius 3 is 2.77 bits per heavy atom. The molecule has 0 bridgehead atoms. The highest BCUT2D eigenvalue weighted by Crippen LogP contribution is 2.21. The number of fused-ring (bicyclic) bond motifs is 1. The maximum absolute atomic E-state index is 11.9. The lowest BCUT2D eigenvalue weighted by Crippen LogP contribution is -2.32. The number of carbonyl (C=O) groups is 2. The molecule has 6 nitrogen and oxygen atoms in total. The lowest BCUT2D eigenvalue weighted by molar-refractivity contribution is 0.0706.